The van der Waals surface area contributed by atoms with Crippen molar-refractivity contribution < 1.29 is 9.84 Å². The molecule has 0 amide bonds. The zero-order valence-electron chi connectivity index (χ0n) is 13.3. The molecule has 0 aromatic heterocycles. The molecule has 1 atom stereocenters. The number of benzene rings is 1. The quantitative estimate of drug-likeness (QED) is 0.785. The lowest BCUT2D eigenvalue weighted by molar-refractivity contribution is 0.244. The summed E-state index contributed by atoms with van der Waals surface area (Å²) >= 11 is 1.88. The second-order valence-corrected chi connectivity index (χ2v) is 6.01. The van der Waals surface area contributed by atoms with E-state index in [1.54, 1.807) is 7.11 Å². The van der Waals surface area contributed by atoms with E-state index in [4.69, 9.17) is 9.84 Å². The molecule has 1 N–H and O–H groups in total. The Morgan fingerprint density at radius 2 is 2.19 bits per heavy atom. The highest BCUT2D eigenvalue weighted by molar-refractivity contribution is 7.98. The molecule has 0 saturated heterocycles. The Kier molecular flexibility index (Phi) is 8.29. The van der Waals surface area contributed by atoms with Gasteiger partial charge in [-0.25, -0.2) is 0 Å². The molecule has 4 heteroatoms. The van der Waals surface area contributed by atoms with Gasteiger partial charge in [0.15, 0.2) is 0 Å². The maximum Gasteiger partial charge on any atom is 0.119 e. The van der Waals surface area contributed by atoms with Crippen LogP contribution in [0.5, 0.6) is 5.75 Å². The Bertz CT molecular complexity index is 493. The molecular weight excluding hydrogens is 282 g/mol. The predicted molar refractivity (Wildman–Crippen MR) is 90.9 cm³/mol. The standard InChI is InChI=1S/C17H25NO2S/c1-14(9-11-21-4)18(2)13-16-12-17(20-3)8-7-15(16)6-5-10-19/h7-8,12,14,19H,9-11,13H2,1-4H3. The molecule has 0 heterocycles. The first-order chi connectivity index (χ1) is 10.1. The van der Waals surface area contributed by atoms with Gasteiger partial charge in [0, 0.05) is 18.2 Å². The van der Waals surface area contributed by atoms with Crippen LogP contribution in [0, 0.1) is 11.8 Å². The van der Waals surface area contributed by atoms with Crippen LogP contribution in [0.4, 0.5) is 0 Å². The number of aliphatic hydroxyl groups excluding tert-OH is 1. The topological polar surface area (TPSA) is 32.7 Å². The first kappa shape index (κ1) is 17.9. The summed E-state index contributed by atoms with van der Waals surface area (Å²) in [6.45, 7) is 2.95. The lowest BCUT2D eigenvalue weighted by Crippen LogP contribution is -2.29. The minimum atomic E-state index is -0.120. The van der Waals surface area contributed by atoms with Crippen molar-refractivity contribution in [2.24, 2.45) is 0 Å². The third-order valence-corrected chi connectivity index (χ3v) is 4.17. The number of ether oxygens (including phenoxy) is 1. The van der Waals surface area contributed by atoms with E-state index in [1.807, 2.05) is 30.0 Å². The van der Waals surface area contributed by atoms with Gasteiger partial charge in [-0.05, 0) is 56.2 Å². The molecule has 0 spiro atoms. The lowest BCUT2D eigenvalue weighted by atomic mass is 10.1. The van der Waals surface area contributed by atoms with Crippen molar-refractivity contribution in [1.29, 1.82) is 0 Å². The minimum Gasteiger partial charge on any atom is -0.497 e. The maximum absolute atomic E-state index is 8.88. The van der Waals surface area contributed by atoms with E-state index in [1.165, 1.54) is 12.2 Å². The van der Waals surface area contributed by atoms with E-state index in [0.29, 0.717) is 6.04 Å². The van der Waals surface area contributed by atoms with Crippen LogP contribution < -0.4 is 4.74 Å². The van der Waals surface area contributed by atoms with Gasteiger partial charge >= 0.3 is 0 Å². The van der Waals surface area contributed by atoms with Crippen LogP contribution in [-0.2, 0) is 6.54 Å². The van der Waals surface area contributed by atoms with Crippen LogP contribution in [0.1, 0.15) is 24.5 Å². The van der Waals surface area contributed by atoms with Crippen molar-refractivity contribution >= 4 is 11.8 Å². The zero-order valence-corrected chi connectivity index (χ0v) is 14.2. The number of hydrogen-bond donors (Lipinski definition) is 1. The van der Waals surface area contributed by atoms with E-state index in [0.717, 1.165) is 23.4 Å². The van der Waals surface area contributed by atoms with Crippen LogP contribution in [0.3, 0.4) is 0 Å². The smallest absolute Gasteiger partial charge is 0.119 e. The lowest BCUT2D eigenvalue weighted by Gasteiger charge is -2.25. The van der Waals surface area contributed by atoms with Gasteiger partial charge in [-0.15, -0.1) is 0 Å². The molecule has 0 aliphatic heterocycles. The molecule has 1 aromatic carbocycles. The number of thioether (sulfide) groups is 1. The fourth-order valence-corrected chi connectivity index (χ4v) is 2.59. The molecule has 3 nitrogen and oxygen atoms in total. The molecule has 21 heavy (non-hydrogen) atoms. The average molecular weight is 307 g/mol. The Morgan fingerprint density at radius 3 is 2.81 bits per heavy atom. The summed E-state index contributed by atoms with van der Waals surface area (Å²) in [5, 5.41) is 8.88. The molecule has 116 valence electrons. The highest BCUT2D eigenvalue weighted by atomic mass is 32.2. The van der Waals surface area contributed by atoms with Gasteiger partial charge in [-0.1, -0.05) is 11.8 Å². The van der Waals surface area contributed by atoms with Gasteiger partial charge < -0.3 is 9.84 Å². The molecule has 0 aliphatic rings. The number of aliphatic hydroxyl groups is 1. The molecule has 1 rings (SSSR count). The zero-order chi connectivity index (χ0) is 15.7. The number of rotatable bonds is 7. The first-order valence-corrected chi connectivity index (χ1v) is 8.47. The predicted octanol–water partition coefficient (Wildman–Crippen LogP) is 2.61. The third-order valence-electron chi connectivity index (χ3n) is 3.53. The molecular formula is C17H25NO2S. The van der Waals surface area contributed by atoms with E-state index < -0.39 is 0 Å². The maximum atomic E-state index is 8.88. The second kappa shape index (κ2) is 9.73. The summed E-state index contributed by atoms with van der Waals surface area (Å²) in [5.74, 6) is 7.74. The van der Waals surface area contributed by atoms with Crippen molar-refractivity contribution in [2.45, 2.75) is 25.9 Å². The number of hydrogen-bond acceptors (Lipinski definition) is 4. The fraction of sp³-hybridized carbons (Fsp3) is 0.529. The SMILES string of the molecule is COc1ccc(C#CCO)c(CN(C)C(C)CCSC)c1. The second-order valence-electron chi connectivity index (χ2n) is 5.03. The molecule has 0 saturated carbocycles. The summed E-state index contributed by atoms with van der Waals surface area (Å²) in [5.41, 5.74) is 2.09. The number of nitrogens with zero attached hydrogens (tertiary/aromatic N) is 1. The molecule has 1 unspecified atom stereocenters. The van der Waals surface area contributed by atoms with Crippen LogP contribution in [0.2, 0.25) is 0 Å². The molecule has 0 radical (unpaired) electrons. The van der Waals surface area contributed by atoms with Crippen LogP contribution in [-0.4, -0.2) is 48.8 Å². The van der Waals surface area contributed by atoms with Crippen LogP contribution in [0.25, 0.3) is 0 Å². The van der Waals surface area contributed by atoms with Gasteiger partial charge in [-0.3, -0.25) is 4.90 Å². The van der Waals surface area contributed by atoms with Crippen molar-refractivity contribution in [3.05, 3.63) is 29.3 Å². The Balaban J connectivity index is 2.88. The van der Waals surface area contributed by atoms with E-state index in [2.05, 4.69) is 37.0 Å². The Hall–Kier alpha value is -1.15. The largest absolute Gasteiger partial charge is 0.497 e. The minimum absolute atomic E-state index is 0.120. The Labute approximate surface area is 132 Å². The highest BCUT2D eigenvalue weighted by Crippen LogP contribution is 2.20. The molecule has 0 aliphatic carbocycles. The van der Waals surface area contributed by atoms with Crippen molar-refractivity contribution in [2.75, 3.05) is 32.8 Å². The summed E-state index contributed by atoms with van der Waals surface area (Å²) in [7, 11) is 3.80. The number of methoxy groups -OCH3 is 1. The monoisotopic (exact) mass is 307 g/mol. The Morgan fingerprint density at radius 1 is 1.43 bits per heavy atom. The normalized spacial score (nSPS) is 11.9. The summed E-state index contributed by atoms with van der Waals surface area (Å²) < 4.78 is 5.30. The van der Waals surface area contributed by atoms with Crippen molar-refractivity contribution in [3.8, 4) is 17.6 Å². The molecule has 1 aromatic rings. The molecule has 0 bridgehead atoms. The summed E-state index contributed by atoms with van der Waals surface area (Å²) in [4.78, 5) is 2.33. The van der Waals surface area contributed by atoms with Gasteiger partial charge in [0.05, 0.1) is 7.11 Å². The summed E-state index contributed by atoms with van der Waals surface area (Å²) in [6.07, 6.45) is 3.30. The van der Waals surface area contributed by atoms with Gasteiger partial charge in [0.2, 0.25) is 0 Å². The van der Waals surface area contributed by atoms with Gasteiger partial charge in [-0.2, -0.15) is 11.8 Å². The van der Waals surface area contributed by atoms with Gasteiger partial charge in [0.1, 0.15) is 12.4 Å². The average Bonchev–Trinajstić information content (AvgIpc) is 2.51. The van der Waals surface area contributed by atoms with Crippen LogP contribution in [0.15, 0.2) is 18.2 Å². The van der Waals surface area contributed by atoms with Crippen molar-refractivity contribution in [3.63, 3.8) is 0 Å². The fourth-order valence-electron chi connectivity index (χ4n) is 2.02. The first-order valence-electron chi connectivity index (χ1n) is 7.08. The van der Waals surface area contributed by atoms with Crippen molar-refractivity contribution in [1.82, 2.24) is 4.90 Å². The van der Waals surface area contributed by atoms with Gasteiger partial charge in [0.25, 0.3) is 0 Å². The highest BCUT2D eigenvalue weighted by Gasteiger charge is 2.12. The van der Waals surface area contributed by atoms with Crippen LogP contribution >= 0.6 is 11.8 Å². The van der Waals surface area contributed by atoms with E-state index in [-0.39, 0.29) is 6.61 Å². The van der Waals surface area contributed by atoms with E-state index in [9.17, 15) is 0 Å². The molecule has 0 fully saturated rings. The third kappa shape index (κ3) is 6.01. The summed E-state index contributed by atoms with van der Waals surface area (Å²) in [6, 6.07) is 6.40. The van der Waals surface area contributed by atoms with E-state index >= 15 is 0 Å².